The second kappa shape index (κ2) is 23.6. The summed E-state index contributed by atoms with van der Waals surface area (Å²) in [5.41, 5.74) is 7.05. The molecule has 318 valence electrons. The van der Waals surface area contributed by atoms with Crippen LogP contribution < -0.4 is 11.1 Å². The van der Waals surface area contributed by atoms with Crippen LogP contribution >= 0.6 is 0 Å². The molecule has 12 nitrogen and oxygen atoms in total. The largest absolute Gasteiger partial charge is 0.507 e. The molecule has 5 atom stereocenters. The van der Waals surface area contributed by atoms with Crippen molar-refractivity contribution < 1.29 is 43.8 Å². The van der Waals surface area contributed by atoms with E-state index in [2.05, 4.69) is 12.2 Å². The summed E-state index contributed by atoms with van der Waals surface area (Å²) < 4.78 is 0. The summed E-state index contributed by atoms with van der Waals surface area (Å²) in [6.45, 7) is 7.13. The Labute approximate surface area is 343 Å². The predicted octanol–water partition coefficient (Wildman–Crippen LogP) is 6.89. The van der Waals surface area contributed by atoms with Gasteiger partial charge in [0.15, 0.2) is 11.6 Å². The maximum atomic E-state index is 14.4. The standard InChI is InChI=1S/C46H65N3O9/c1-6-7-8-9-10-15-35(51)16-13-17-36(52)27-34(14-11-12-22-47)46(58)49(5)44-33-19-21-41(54)38(28-33)37-25-32(18-20-40(37)53)26-39(42(55)23-29(2)31(4)50)48-45(57)30(3)24-43(44)56/h18-21,25,28-30,34,39,44,53-54H,6-17,22-24,26-27,47H2,1-5H3,(H,48,57)/t29-,30-,34-,39+,44+/m1/s1. The van der Waals surface area contributed by atoms with Crippen LogP contribution in [0.3, 0.4) is 0 Å². The average molecular weight is 804 g/mol. The summed E-state index contributed by atoms with van der Waals surface area (Å²) in [6.07, 6.45) is 7.70. The van der Waals surface area contributed by atoms with Crippen molar-refractivity contribution in [3.63, 3.8) is 0 Å². The van der Waals surface area contributed by atoms with Gasteiger partial charge in [0.1, 0.15) is 34.9 Å². The van der Waals surface area contributed by atoms with E-state index in [1.54, 1.807) is 26.0 Å². The van der Waals surface area contributed by atoms with Gasteiger partial charge in [-0.05, 0) is 81.0 Å². The van der Waals surface area contributed by atoms with Crippen LogP contribution in [0, 0.1) is 17.8 Å². The summed E-state index contributed by atoms with van der Waals surface area (Å²) in [6, 6.07) is 6.75. The Hall–Kier alpha value is -4.71. The van der Waals surface area contributed by atoms with Gasteiger partial charge >= 0.3 is 0 Å². The lowest BCUT2D eigenvalue weighted by Gasteiger charge is -2.32. The molecule has 4 bridgehead atoms. The number of Topliss-reactive ketones (excluding diaryl/α,β-unsaturated/α-hetero) is 5. The molecule has 5 N–H and O–H groups in total. The number of fused-ring (bicyclic) bond motifs is 5. The first-order chi connectivity index (χ1) is 27.6. The number of hydrogen-bond donors (Lipinski definition) is 4. The summed E-state index contributed by atoms with van der Waals surface area (Å²) >= 11 is 0. The van der Waals surface area contributed by atoms with E-state index in [0.717, 1.165) is 32.1 Å². The zero-order valence-electron chi connectivity index (χ0n) is 35.1. The molecule has 0 saturated carbocycles. The number of phenols is 2. The van der Waals surface area contributed by atoms with E-state index in [4.69, 9.17) is 5.73 Å². The zero-order valence-corrected chi connectivity index (χ0v) is 35.1. The van der Waals surface area contributed by atoms with Crippen molar-refractivity contribution in [1.82, 2.24) is 10.2 Å². The fourth-order valence-electron chi connectivity index (χ4n) is 7.55. The third-order valence-electron chi connectivity index (χ3n) is 11.3. The maximum Gasteiger partial charge on any atom is 0.226 e. The monoisotopic (exact) mass is 803 g/mol. The molecule has 0 radical (unpaired) electrons. The lowest BCUT2D eigenvalue weighted by molar-refractivity contribution is -0.144. The summed E-state index contributed by atoms with van der Waals surface area (Å²) in [5.74, 6) is -4.72. The van der Waals surface area contributed by atoms with Gasteiger partial charge in [-0.3, -0.25) is 33.6 Å². The first kappa shape index (κ1) is 47.7. The topological polar surface area (TPSA) is 201 Å². The van der Waals surface area contributed by atoms with Gasteiger partial charge < -0.3 is 26.2 Å². The van der Waals surface area contributed by atoms with Crippen molar-refractivity contribution in [2.75, 3.05) is 13.6 Å². The Kier molecular flexibility index (Phi) is 19.4. The van der Waals surface area contributed by atoms with Gasteiger partial charge in [-0.25, -0.2) is 0 Å². The Bertz CT molecular complexity index is 1770. The van der Waals surface area contributed by atoms with E-state index in [1.807, 2.05) is 0 Å². The van der Waals surface area contributed by atoms with Crippen molar-refractivity contribution in [2.45, 2.75) is 143 Å². The second-order valence-corrected chi connectivity index (χ2v) is 16.3. The minimum absolute atomic E-state index is 0.0309. The number of amides is 2. The molecule has 0 spiro atoms. The highest BCUT2D eigenvalue weighted by atomic mass is 16.3. The smallest absolute Gasteiger partial charge is 0.226 e. The quantitative estimate of drug-likeness (QED) is 0.0909. The average Bonchev–Trinajstić information content (AvgIpc) is 3.17. The summed E-state index contributed by atoms with van der Waals surface area (Å²) in [5, 5.41) is 24.9. The number of hydrogen-bond acceptors (Lipinski definition) is 10. The molecule has 0 saturated heterocycles. The number of nitrogens with zero attached hydrogens (tertiary/aromatic N) is 1. The molecule has 1 aliphatic heterocycles. The first-order valence-electron chi connectivity index (χ1n) is 21.1. The minimum Gasteiger partial charge on any atom is -0.507 e. The SMILES string of the molecule is CCCCCCCC(=O)CCCC(=O)C[C@@H](CCCCN)C(=O)N(C)[C@@H]1C(=O)C[C@@H](C)C(=O)N[C@H](C(=O)C[C@@H](C)C(C)=O)Cc2ccc(O)c(c2)-c2cc1ccc2O. The number of benzene rings is 2. The molecular formula is C46H65N3O9. The third kappa shape index (κ3) is 14.3. The van der Waals surface area contributed by atoms with Crippen LogP contribution in [0.15, 0.2) is 36.4 Å². The summed E-state index contributed by atoms with van der Waals surface area (Å²) in [7, 11) is 1.48. The lowest BCUT2D eigenvalue weighted by Crippen LogP contribution is -2.46. The highest BCUT2D eigenvalue weighted by Crippen LogP contribution is 2.39. The van der Waals surface area contributed by atoms with Crippen LogP contribution in [0.1, 0.15) is 141 Å². The number of phenolic OH excluding ortho intramolecular Hbond substituents is 2. The van der Waals surface area contributed by atoms with Gasteiger partial charge in [-0.2, -0.15) is 0 Å². The Morgan fingerprint density at radius 3 is 2.14 bits per heavy atom. The van der Waals surface area contributed by atoms with Crippen molar-refractivity contribution in [1.29, 1.82) is 0 Å². The first-order valence-corrected chi connectivity index (χ1v) is 21.1. The molecule has 58 heavy (non-hydrogen) atoms. The Morgan fingerprint density at radius 1 is 0.828 bits per heavy atom. The van der Waals surface area contributed by atoms with Crippen molar-refractivity contribution in [3.8, 4) is 22.6 Å². The van der Waals surface area contributed by atoms with E-state index in [-0.39, 0.29) is 77.9 Å². The molecule has 0 aromatic heterocycles. The second-order valence-electron chi connectivity index (χ2n) is 16.3. The van der Waals surface area contributed by atoms with Gasteiger partial charge in [-0.1, -0.05) is 65.0 Å². The van der Waals surface area contributed by atoms with Crippen molar-refractivity contribution in [2.24, 2.45) is 23.5 Å². The molecule has 0 unspecified atom stereocenters. The van der Waals surface area contributed by atoms with E-state index in [1.165, 1.54) is 43.1 Å². The van der Waals surface area contributed by atoms with Crippen LogP contribution in [0.4, 0.5) is 0 Å². The fraction of sp³-hybridized carbons (Fsp3) is 0.587. The number of rotatable bonds is 22. The van der Waals surface area contributed by atoms with E-state index < -0.39 is 47.4 Å². The summed E-state index contributed by atoms with van der Waals surface area (Å²) in [4.78, 5) is 95.1. The van der Waals surface area contributed by atoms with Gasteiger partial charge in [0.05, 0.1) is 6.04 Å². The van der Waals surface area contributed by atoms with Crippen LogP contribution in [-0.4, -0.2) is 75.5 Å². The normalized spacial score (nSPS) is 18.1. The van der Waals surface area contributed by atoms with Crippen molar-refractivity contribution in [3.05, 3.63) is 47.5 Å². The zero-order chi connectivity index (χ0) is 42.9. The molecule has 1 aliphatic rings. The van der Waals surface area contributed by atoms with E-state index in [0.29, 0.717) is 56.2 Å². The number of ketones is 5. The lowest BCUT2D eigenvalue weighted by atomic mass is 9.87. The van der Waals surface area contributed by atoms with Gasteiger partial charge in [0.2, 0.25) is 11.8 Å². The minimum atomic E-state index is -1.24. The van der Waals surface area contributed by atoms with Crippen LogP contribution in [0.25, 0.3) is 11.1 Å². The molecule has 0 fully saturated rings. The Morgan fingerprint density at radius 2 is 1.47 bits per heavy atom. The molecule has 1 heterocycles. The Balaban J connectivity index is 1.95. The molecule has 0 aliphatic carbocycles. The molecule has 2 aromatic rings. The van der Waals surface area contributed by atoms with Gasteiger partial charge in [-0.15, -0.1) is 0 Å². The highest BCUT2D eigenvalue weighted by Gasteiger charge is 2.36. The molecule has 3 rings (SSSR count). The molecule has 2 amide bonds. The predicted molar refractivity (Wildman–Crippen MR) is 223 cm³/mol. The number of carbonyl (C=O) groups excluding carboxylic acids is 7. The highest BCUT2D eigenvalue weighted by molar-refractivity contribution is 5.97. The number of carbonyl (C=O) groups is 7. The van der Waals surface area contributed by atoms with Crippen molar-refractivity contribution >= 4 is 40.7 Å². The number of unbranched alkanes of at least 4 members (excludes halogenated alkanes) is 5. The van der Waals surface area contributed by atoms with Crippen LogP contribution in [0.2, 0.25) is 0 Å². The molecule has 12 heteroatoms. The van der Waals surface area contributed by atoms with E-state index >= 15 is 0 Å². The van der Waals surface area contributed by atoms with Crippen LogP contribution in [-0.2, 0) is 40.0 Å². The third-order valence-corrected chi connectivity index (χ3v) is 11.3. The maximum absolute atomic E-state index is 14.4. The number of nitrogens with two attached hydrogens (primary N) is 1. The van der Waals surface area contributed by atoms with Crippen LogP contribution in [0.5, 0.6) is 11.5 Å². The van der Waals surface area contributed by atoms with E-state index in [9.17, 15) is 43.8 Å². The molecular weight excluding hydrogens is 739 g/mol. The van der Waals surface area contributed by atoms with Gasteiger partial charge in [0, 0.05) is 74.5 Å². The number of likely N-dealkylation sites (N-methyl/N-ethyl adjacent to an activating group) is 1. The molecule has 2 aromatic carbocycles. The number of aromatic hydroxyl groups is 2. The van der Waals surface area contributed by atoms with Gasteiger partial charge in [0.25, 0.3) is 0 Å². The fourth-order valence-corrected chi connectivity index (χ4v) is 7.55. The number of nitrogens with one attached hydrogen (secondary N) is 1.